The van der Waals surface area contributed by atoms with Crippen LogP contribution in [0.5, 0.6) is 11.5 Å². The number of rotatable bonds is 12. The molecule has 0 aromatic heterocycles. The van der Waals surface area contributed by atoms with E-state index in [2.05, 4.69) is 42.7 Å². The van der Waals surface area contributed by atoms with E-state index >= 15 is 0 Å². The average Bonchev–Trinajstić information content (AvgIpc) is 3.00. The molecule has 212 valence electrons. The van der Waals surface area contributed by atoms with Gasteiger partial charge in [0.1, 0.15) is 24.7 Å². The van der Waals surface area contributed by atoms with Gasteiger partial charge in [-0.1, -0.05) is 72.3 Å². The summed E-state index contributed by atoms with van der Waals surface area (Å²) in [5, 5.41) is 22.1. The van der Waals surface area contributed by atoms with Gasteiger partial charge in [-0.15, -0.1) is 0 Å². The number of amides is 1. The Balaban J connectivity index is 1.58. The summed E-state index contributed by atoms with van der Waals surface area (Å²) in [5.74, 6) is 0.796. The van der Waals surface area contributed by atoms with E-state index < -0.39 is 0 Å². The molecule has 0 heterocycles. The van der Waals surface area contributed by atoms with Crippen LogP contribution in [0.3, 0.4) is 0 Å². The molecular weight excluding hydrogens is 548 g/mol. The van der Waals surface area contributed by atoms with Crippen LogP contribution in [0.2, 0.25) is 5.02 Å². The van der Waals surface area contributed by atoms with E-state index in [0.717, 1.165) is 27.8 Å². The van der Waals surface area contributed by atoms with Crippen molar-refractivity contribution in [1.29, 1.82) is 10.5 Å². The number of nitrogens with zero attached hydrogens (tertiary/aromatic N) is 3. The van der Waals surface area contributed by atoms with E-state index in [4.69, 9.17) is 21.1 Å². The van der Waals surface area contributed by atoms with Crippen LogP contribution in [0.4, 0.5) is 0 Å². The number of hydrogen-bond donors (Lipinski definition) is 1. The molecule has 4 aromatic carbocycles. The molecule has 0 saturated heterocycles. The summed E-state index contributed by atoms with van der Waals surface area (Å²) >= 11 is 6.69. The van der Waals surface area contributed by atoms with Crippen LogP contribution in [0, 0.1) is 29.7 Å². The minimum absolute atomic E-state index is 0.161. The Morgan fingerprint density at radius 2 is 1.67 bits per heavy atom. The van der Waals surface area contributed by atoms with Crippen LogP contribution in [0.15, 0.2) is 84.9 Å². The highest BCUT2D eigenvalue weighted by Crippen LogP contribution is 2.35. The summed E-state index contributed by atoms with van der Waals surface area (Å²) in [6.45, 7) is 4.90. The minimum Gasteiger partial charge on any atom is -0.488 e. The maximum atomic E-state index is 11.3. The molecule has 0 fully saturated rings. The number of benzene rings is 4. The Labute approximate surface area is 251 Å². The van der Waals surface area contributed by atoms with Gasteiger partial charge in [0.15, 0.2) is 6.19 Å². The first kappa shape index (κ1) is 30.0. The van der Waals surface area contributed by atoms with E-state index in [1.165, 1.54) is 11.8 Å². The van der Waals surface area contributed by atoms with Gasteiger partial charge in [-0.2, -0.15) is 10.5 Å². The van der Waals surface area contributed by atoms with Crippen molar-refractivity contribution in [1.82, 2.24) is 10.2 Å². The van der Waals surface area contributed by atoms with Crippen molar-refractivity contribution >= 4 is 17.5 Å². The first-order valence-corrected chi connectivity index (χ1v) is 13.9. The highest BCUT2D eigenvalue weighted by molar-refractivity contribution is 6.32. The summed E-state index contributed by atoms with van der Waals surface area (Å²) in [6.07, 6.45) is 2.16. The summed E-state index contributed by atoms with van der Waals surface area (Å²) in [7, 11) is 0. The molecule has 0 atom stereocenters. The number of hydrogen-bond acceptors (Lipinski definition) is 6. The fraction of sp³-hybridized carbons (Fsp3) is 0.206. The standard InChI is InChI=1S/C34H31ClN4O3/c1-24-29(12-7-13-31(24)28-10-4-3-5-11-28)22-42-34-18-33(41-21-27-9-6-8-26(16-27)19-36)30(17-32(34)35)20-39(23-37)15-14-38-25(2)40/h3-13,16-18H,14-15,20-22H2,1-2H3,(H,38,40). The Bertz CT molecular complexity index is 1630. The molecule has 4 rings (SSSR count). The van der Waals surface area contributed by atoms with Gasteiger partial charge in [-0.3, -0.25) is 4.79 Å². The monoisotopic (exact) mass is 578 g/mol. The van der Waals surface area contributed by atoms with Crippen molar-refractivity contribution in [3.8, 4) is 34.9 Å². The molecule has 0 aliphatic carbocycles. The SMILES string of the molecule is CC(=O)NCCN(C#N)Cc1cc(Cl)c(OCc2cccc(-c3ccccc3)c2C)cc1OCc1cccc(C#N)c1. The Hall–Kier alpha value is -4.98. The average molecular weight is 579 g/mol. The Kier molecular flexibility index (Phi) is 10.4. The smallest absolute Gasteiger partial charge is 0.216 e. The van der Waals surface area contributed by atoms with E-state index in [9.17, 15) is 15.3 Å². The predicted molar refractivity (Wildman–Crippen MR) is 163 cm³/mol. The van der Waals surface area contributed by atoms with Gasteiger partial charge in [-0.05, 0) is 52.9 Å². The molecular formula is C34H31ClN4O3. The third-order valence-corrected chi connectivity index (χ3v) is 7.03. The number of nitrogens with one attached hydrogen (secondary N) is 1. The lowest BCUT2D eigenvalue weighted by molar-refractivity contribution is -0.118. The van der Waals surface area contributed by atoms with Crippen molar-refractivity contribution in [3.05, 3.63) is 118 Å². The lowest BCUT2D eigenvalue weighted by atomic mass is 9.97. The molecule has 1 N–H and O–H groups in total. The lowest BCUT2D eigenvalue weighted by Crippen LogP contribution is -2.31. The van der Waals surface area contributed by atoms with E-state index in [-0.39, 0.29) is 19.1 Å². The number of carbonyl (C=O) groups excluding carboxylic acids is 1. The molecule has 42 heavy (non-hydrogen) atoms. The van der Waals surface area contributed by atoms with Gasteiger partial charge in [0.25, 0.3) is 0 Å². The zero-order valence-electron chi connectivity index (χ0n) is 23.6. The summed E-state index contributed by atoms with van der Waals surface area (Å²) in [5.41, 5.74) is 6.48. The second-order valence-corrected chi connectivity index (χ2v) is 10.1. The second kappa shape index (κ2) is 14.6. The van der Waals surface area contributed by atoms with Crippen LogP contribution in [0.1, 0.15) is 34.7 Å². The molecule has 4 aromatic rings. The Morgan fingerprint density at radius 3 is 2.40 bits per heavy atom. The first-order chi connectivity index (χ1) is 20.4. The minimum atomic E-state index is -0.161. The molecule has 0 saturated carbocycles. The first-order valence-electron chi connectivity index (χ1n) is 13.5. The third kappa shape index (κ3) is 8.04. The number of halogens is 1. The van der Waals surface area contributed by atoms with E-state index in [1.54, 1.807) is 30.3 Å². The van der Waals surface area contributed by atoms with E-state index in [0.29, 0.717) is 47.3 Å². The van der Waals surface area contributed by atoms with Crippen molar-refractivity contribution in [2.24, 2.45) is 0 Å². The summed E-state index contributed by atoms with van der Waals surface area (Å²) < 4.78 is 12.4. The van der Waals surface area contributed by atoms with Gasteiger partial charge in [0.05, 0.1) is 23.2 Å². The van der Waals surface area contributed by atoms with Crippen LogP contribution in [-0.4, -0.2) is 23.9 Å². The zero-order valence-corrected chi connectivity index (χ0v) is 24.3. The highest BCUT2D eigenvalue weighted by Gasteiger charge is 2.16. The maximum Gasteiger partial charge on any atom is 0.216 e. The topological polar surface area (TPSA) is 98.4 Å². The highest BCUT2D eigenvalue weighted by atomic mass is 35.5. The third-order valence-electron chi connectivity index (χ3n) is 6.74. The van der Waals surface area contributed by atoms with Crippen molar-refractivity contribution in [2.45, 2.75) is 33.6 Å². The molecule has 0 radical (unpaired) electrons. The molecule has 0 aliphatic heterocycles. The number of carbonyl (C=O) groups is 1. The van der Waals surface area contributed by atoms with Crippen molar-refractivity contribution < 1.29 is 14.3 Å². The van der Waals surface area contributed by atoms with Crippen LogP contribution < -0.4 is 14.8 Å². The summed E-state index contributed by atoms with van der Waals surface area (Å²) in [4.78, 5) is 12.8. The van der Waals surface area contributed by atoms with Gasteiger partial charge >= 0.3 is 0 Å². The van der Waals surface area contributed by atoms with Crippen molar-refractivity contribution in [3.63, 3.8) is 0 Å². The number of ether oxygens (including phenoxy) is 2. The molecule has 0 aliphatic rings. The molecule has 0 bridgehead atoms. The quantitative estimate of drug-likeness (QED) is 0.147. The van der Waals surface area contributed by atoms with Gasteiger partial charge in [0.2, 0.25) is 5.91 Å². The zero-order chi connectivity index (χ0) is 29.9. The molecule has 7 nitrogen and oxygen atoms in total. The van der Waals surface area contributed by atoms with Gasteiger partial charge in [-0.25, -0.2) is 0 Å². The van der Waals surface area contributed by atoms with Crippen LogP contribution in [0.25, 0.3) is 11.1 Å². The van der Waals surface area contributed by atoms with Crippen molar-refractivity contribution in [2.75, 3.05) is 13.1 Å². The number of nitriles is 2. The molecule has 8 heteroatoms. The van der Waals surface area contributed by atoms with Crippen LogP contribution >= 0.6 is 11.6 Å². The van der Waals surface area contributed by atoms with E-state index in [1.807, 2.05) is 36.4 Å². The fourth-order valence-electron chi connectivity index (χ4n) is 4.50. The van der Waals surface area contributed by atoms with Crippen LogP contribution in [-0.2, 0) is 24.6 Å². The summed E-state index contributed by atoms with van der Waals surface area (Å²) in [6, 6.07) is 29.2. The molecule has 0 unspecified atom stereocenters. The van der Waals surface area contributed by atoms with Gasteiger partial charge < -0.3 is 19.7 Å². The molecule has 0 spiro atoms. The second-order valence-electron chi connectivity index (χ2n) is 9.74. The predicted octanol–water partition coefficient (Wildman–Crippen LogP) is 6.76. The molecule has 1 amide bonds. The Morgan fingerprint density at radius 1 is 0.905 bits per heavy atom. The largest absolute Gasteiger partial charge is 0.488 e. The normalized spacial score (nSPS) is 10.3. The lowest BCUT2D eigenvalue weighted by Gasteiger charge is -2.20. The fourth-order valence-corrected chi connectivity index (χ4v) is 4.74. The maximum absolute atomic E-state index is 11.3. The van der Waals surface area contributed by atoms with Gasteiger partial charge in [0, 0.05) is 31.6 Å².